The average molecular weight is 361 g/mol. The lowest BCUT2D eigenvalue weighted by molar-refractivity contribution is -0.142. The van der Waals surface area contributed by atoms with Gasteiger partial charge in [0, 0.05) is 13.7 Å². The summed E-state index contributed by atoms with van der Waals surface area (Å²) in [7, 11) is 3.21. The molecule has 0 spiro atoms. The number of halogens is 1. The van der Waals surface area contributed by atoms with Crippen molar-refractivity contribution >= 4 is 24.3 Å². The molecule has 136 valence electrons. The minimum absolute atomic E-state index is 0. The van der Waals surface area contributed by atoms with Crippen LogP contribution >= 0.6 is 12.4 Å². The highest BCUT2D eigenvalue weighted by molar-refractivity contribution is 5.85. The van der Waals surface area contributed by atoms with Gasteiger partial charge in [-0.25, -0.2) is 0 Å². The Balaban J connectivity index is 0.00000529. The minimum atomic E-state index is -0.957. The predicted molar refractivity (Wildman–Crippen MR) is 92.6 cm³/mol. The molecule has 1 atom stereocenters. The van der Waals surface area contributed by atoms with Gasteiger partial charge in [0.05, 0.1) is 13.2 Å². The van der Waals surface area contributed by atoms with Crippen LogP contribution in [0.5, 0.6) is 5.75 Å². The van der Waals surface area contributed by atoms with Crippen LogP contribution in [-0.2, 0) is 20.9 Å². The van der Waals surface area contributed by atoms with Crippen molar-refractivity contribution in [3.8, 4) is 5.75 Å². The molecule has 1 aromatic carbocycles. The molecule has 1 amide bonds. The van der Waals surface area contributed by atoms with Crippen molar-refractivity contribution in [1.29, 1.82) is 0 Å². The third-order valence-electron chi connectivity index (χ3n) is 3.36. The van der Waals surface area contributed by atoms with E-state index in [1.165, 1.54) is 11.8 Å². The molecular weight excluding hydrogens is 336 g/mol. The third kappa shape index (κ3) is 8.14. The molecular formula is C16H25ClN2O5. The quantitative estimate of drug-likeness (QED) is 0.609. The number of carboxylic acids is 1. The number of ether oxygens (including phenoxy) is 2. The van der Waals surface area contributed by atoms with E-state index in [-0.39, 0.29) is 24.9 Å². The first-order valence-electron chi connectivity index (χ1n) is 7.34. The Kier molecular flexibility index (Phi) is 10.8. The number of rotatable bonds is 10. The van der Waals surface area contributed by atoms with Gasteiger partial charge in [0.2, 0.25) is 5.91 Å². The summed E-state index contributed by atoms with van der Waals surface area (Å²) in [4.78, 5) is 24.2. The summed E-state index contributed by atoms with van der Waals surface area (Å²) in [5.41, 5.74) is 0.905. The van der Waals surface area contributed by atoms with Crippen LogP contribution in [0.25, 0.3) is 0 Å². The van der Waals surface area contributed by atoms with Crippen LogP contribution in [-0.4, -0.2) is 61.8 Å². The zero-order valence-electron chi connectivity index (χ0n) is 14.2. The summed E-state index contributed by atoms with van der Waals surface area (Å²) in [6, 6.07) is 6.70. The molecule has 0 radical (unpaired) electrons. The first-order valence-corrected chi connectivity index (χ1v) is 7.34. The summed E-state index contributed by atoms with van der Waals surface area (Å²) in [5, 5.41) is 11.7. The van der Waals surface area contributed by atoms with Crippen molar-refractivity contribution < 1.29 is 24.2 Å². The maximum absolute atomic E-state index is 11.9. The molecule has 8 heteroatoms. The molecule has 0 aliphatic carbocycles. The van der Waals surface area contributed by atoms with E-state index in [9.17, 15) is 9.59 Å². The zero-order chi connectivity index (χ0) is 17.2. The number of nitrogens with zero attached hydrogens (tertiary/aromatic N) is 1. The Hall–Kier alpha value is -1.83. The van der Waals surface area contributed by atoms with Crippen LogP contribution in [0.2, 0.25) is 0 Å². The summed E-state index contributed by atoms with van der Waals surface area (Å²) >= 11 is 0. The summed E-state index contributed by atoms with van der Waals surface area (Å²) < 4.78 is 10.4. The van der Waals surface area contributed by atoms with Crippen molar-refractivity contribution in [2.24, 2.45) is 0 Å². The van der Waals surface area contributed by atoms with Crippen molar-refractivity contribution in [2.75, 3.05) is 33.9 Å². The van der Waals surface area contributed by atoms with E-state index < -0.39 is 12.0 Å². The molecule has 1 unspecified atom stereocenters. The maximum atomic E-state index is 11.9. The Bertz CT molecular complexity index is 527. The van der Waals surface area contributed by atoms with Crippen LogP contribution in [0, 0.1) is 0 Å². The van der Waals surface area contributed by atoms with E-state index in [2.05, 4.69) is 5.32 Å². The lowest BCUT2D eigenvalue weighted by Crippen LogP contribution is -2.42. The molecule has 0 fully saturated rings. The van der Waals surface area contributed by atoms with Crippen molar-refractivity contribution in [1.82, 2.24) is 10.2 Å². The Morgan fingerprint density at radius 2 is 2.04 bits per heavy atom. The van der Waals surface area contributed by atoms with Gasteiger partial charge in [0.15, 0.2) is 0 Å². The molecule has 0 aliphatic heterocycles. The fraction of sp³-hybridized carbons (Fsp3) is 0.500. The number of likely N-dealkylation sites (N-methyl/N-ethyl adjacent to an activating group) is 1. The van der Waals surface area contributed by atoms with Gasteiger partial charge in [-0.05, 0) is 31.7 Å². The topological polar surface area (TPSA) is 88.1 Å². The molecule has 1 aromatic rings. The Morgan fingerprint density at radius 1 is 1.33 bits per heavy atom. The first-order chi connectivity index (χ1) is 10.9. The van der Waals surface area contributed by atoms with Crippen LogP contribution in [0.3, 0.4) is 0 Å². The molecule has 0 saturated carbocycles. The van der Waals surface area contributed by atoms with Crippen LogP contribution in [0.15, 0.2) is 24.3 Å². The number of amides is 1. The maximum Gasteiger partial charge on any atom is 0.320 e. The summed E-state index contributed by atoms with van der Waals surface area (Å²) in [6.07, 6.45) is 0. The van der Waals surface area contributed by atoms with Crippen LogP contribution < -0.4 is 10.1 Å². The third-order valence-corrected chi connectivity index (χ3v) is 3.36. The van der Waals surface area contributed by atoms with E-state index in [0.717, 1.165) is 5.56 Å². The van der Waals surface area contributed by atoms with Crippen molar-refractivity contribution in [2.45, 2.75) is 19.5 Å². The standard InChI is InChI=1S/C16H24N2O5.ClH/c1-12(16(20)21)18(2)11-15(19)17-10-13-5-4-6-14(9-13)23-8-7-22-3;/h4-6,9,12H,7-8,10-11H2,1-3H3,(H,17,19)(H,20,21);1H. The molecule has 24 heavy (non-hydrogen) atoms. The molecule has 7 nitrogen and oxygen atoms in total. The van der Waals surface area contributed by atoms with Gasteiger partial charge in [-0.15, -0.1) is 12.4 Å². The smallest absolute Gasteiger partial charge is 0.320 e. The Labute approximate surface area is 148 Å². The molecule has 0 aliphatic rings. The number of carboxylic acid groups (broad SMARTS) is 1. The second-order valence-electron chi connectivity index (χ2n) is 5.19. The van der Waals surface area contributed by atoms with E-state index in [1.54, 1.807) is 14.2 Å². The van der Waals surface area contributed by atoms with Gasteiger partial charge in [-0.1, -0.05) is 12.1 Å². The second-order valence-corrected chi connectivity index (χ2v) is 5.19. The molecule has 0 heterocycles. The molecule has 2 N–H and O–H groups in total. The lowest BCUT2D eigenvalue weighted by atomic mass is 10.2. The fourth-order valence-electron chi connectivity index (χ4n) is 1.80. The monoisotopic (exact) mass is 360 g/mol. The van der Waals surface area contributed by atoms with E-state index in [1.807, 2.05) is 24.3 Å². The SMILES string of the molecule is COCCOc1cccc(CNC(=O)CN(C)C(C)C(=O)O)c1.Cl. The number of nitrogens with one attached hydrogen (secondary N) is 1. The van der Waals surface area contributed by atoms with E-state index in [0.29, 0.717) is 25.5 Å². The predicted octanol–water partition coefficient (Wildman–Crippen LogP) is 1.15. The van der Waals surface area contributed by atoms with E-state index in [4.69, 9.17) is 14.6 Å². The summed E-state index contributed by atoms with van der Waals surface area (Å²) in [6.45, 7) is 2.89. The number of carbonyl (C=O) groups is 2. The second kappa shape index (κ2) is 11.7. The fourth-order valence-corrected chi connectivity index (χ4v) is 1.80. The number of carbonyl (C=O) groups excluding carboxylic acids is 1. The molecule has 1 rings (SSSR count). The highest BCUT2D eigenvalue weighted by atomic mass is 35.5. The minimum Gasteiger partial charge on any atom is -0.491 e. The summed E-state index contributed by atoms with van der Waals surface area (Å²) in [5.74, 6) is -0.474. The van der Waals surface area contributed by atoms with Gasteiger partial charge >= 0.3 is 5.97 Å². The van der Waals surface area contributed by atoms with Gasteiger partial charge in [0.25, 0.3) is 0 Å². The van der Waals surface area contributed by atoms with Gasteiger partial charge in [-0.2, -0.15) is 0 Å². The van der Waals surface area contributed by atoms with E-state index >= 15 is 0 Å². The normalized spacial score (nSPS) is 11.5. The van der Waals surface area contributed by atoms with Gasteiger partial charge in [0.1, 0.15) is 18.4 Å². The molecule has 0 aromatic heterocycles. The largest absolute Gasteiger partial charge is 0.491 e. The van der Waals surface area contributed by atoms with Crippen LogP contribution in [0.1, 0.15) is 12.5 Å². The number of hydrogen-bond donors (Lipinski definition) is 2. The number of aliphatic carboxylic acids is 1. The highest BCUT2D eigenvalue weighted by Crippen LogP contribution is 2.13. The lowest BCUT2D eigenvalue weighted by Gasteiger charge is -2.20. The zero-order valence-corrected chi connectivity index (χ0v) is 15.0. The van der Waals surface area contributed by atoms with Crippen molar-refractivity contribution in [3.63, 3.8) is 0 Å². The number of methoxy groups -OCH3 is 1. The van der Waals surface area contributed by atoms with Gasteiger partial charge in [-0.3, -0.25) is 14.5 Å². The number of hydrogen-bond acceptors (Lipinski definition) is 5. The molecule has 0 saturated heterocycles. The van der Waals surface area contributed by atoms with Crippen LogP contribution in [0.4, 0.5) is 0 Å². The van der Waals surface area contributed by atoms with Gasteiger partial charge < -0.3 is 19.9 Å². The Morgan fingerprint density at radius 3 is 2.67 bits per heavy atom. The highest BCUT2D eigenvalue weighted by Gasteiger charge is 2.18. The first kappa shape index (κ1) is 22.2. The molecule has 0 bridgehead atoms. The number of benzene rings is 1. The average Bonchev–Trinajstić information content (AvgIpc) is 2.52. The van der Waals surface area contributed by atoms with Crippen molar-refractivity contribution in [3.05, 3.63) is 29.8 Å².